The summed E-state index contributed by atoms with van der Waals surface area (Å²) in [5.74, 6) is 0. The summed E-state index contributed by atoms with van der Waals surface area (Å²) in [7, 11) is 1.38. The van der Waals surface area contributed by atoms with E-state index >= 15 is 0 Å². The zero-order valence-electron chi connectivity index (χ0n) is 4.78. The molecule has 1 atom stereocenters. The van der Waals surface area contributed by atoms with Crippen molar-refractivity contribution in [2.75, 3.05) is 7.11 Å². The van der Waals surface area contributed by atoms with Gasteiger partial charge in [0.1, 0.15) is 0 Å². The zero-order chi connectivity index (χ0) is 5.70. The van der Waals surface area contributed by atoms with E-state index in [4.69, 9.17) is 0 Å². The van der Waals surface area contributed by atoms with Crippen LogP contribution in [-0.2, 0) is 4.74 Å². The molecule has 0 aliphatic rings. The molecule has 0 bridgehead atoms. The van der Waals surface area contributed by atoms with Gasteiger partial charge >= 0.3 is 0 Å². The molecule has 7 heavy (non-hydrogen) atoms. The summed E-state index contributed by atoms with van der Waals surface area (Å²) in [4.78, 5) is 0. The second-order valence-corrected chi connectivity index (χ2v) is 1.43. The van der Waals surface area contributed by atoms with Gasteiger partial charge in [-0.15, -0.1) is 0 Å². The van der Waals surface area contributed by atoms with E-state index < -0.39 is 6.36 Å². The Kier molecular flexibility index (Phi) is 4.00. The number of ether oxygens (including phenoxy) is 1. The van der Waals surface area contributed by atoms with Crippen LogP contribution in [0.1, 0.15) is 19.8 Å². The van der Waals surface area contributed by atoms with Crippen molar-refractivity contribution in [3.05, 3.63) is 0 Å². The first-order chi connectivity index (χ1) is 3.31. The summed E-state index contributed by atoms with van der Waals surface area (Å²) in [6, 6.07) is 0. The molecule has 0 amide bonds. The minimum Gasteiger partial charge on any atom is -0.351 e. The molecular weight excluding hydrogens is 95.1 g/mol. The van der Waals surface area contributed by atoms with Gasteiger partial charge in [-0.1, -0.05) is 13.3 Å². The second-order valence-electron chi connectivity index (χ2n) is 1.43. The monoisotopic (exact) mass is 106 g/mol. The number of halogens is 1. The average molecular weight is 106 g/mol. The molecular formula is C5H11FO. The van der Waals surface area contributed by atoms with E-state index in [1.54, 1.807) is 0 Å². The lowest BCUT2D eigenvalue weighted by molar-refractivity contribution is -0.0109. The van der Waals surface area contributed by atoms with E-state index in [0.717, 1.165) is 6.42 Å². The highest BCUT2D eigenvalue weighted by Gasteiger charge is 1.97. The predicted octanol–water partition coefficient (Wildman–Crippen LogP) is 1.73. The van der Waals surface area contributed by atoms with E-state index in [1.165, 1.54) is 7.11 Å². The molecule has 0 spiro atoms. The highest BCUT2D eigenvalue weighted by atomic mass is 19.1. The molecule has 0 rings (SSSR count). The third-order valence-corrected chi connectivity index (χ3v) is 0.771. The SMILES string of the molecule is CCCC(F)OC. The summed E-state index contributed by atoms with van der Waals surface area (Å²) < 4.78 is 16.2. The van der Waals surface area contributed by atoms with E-state index in [9.17, 15) is 4.39 Å². The summed E-state index contributed by atoms with van der Waals surface area (Å²) in [6.07, 6.45) is 0.302. The third kappa shape index (κ3) is 3.73. The van der Waals surface area contributed by atoms with Crippen LogP contribution < -0.4 is 0 Å². The molecule has 44 valence electrons. The maximum atomic E-state index is 11.9. The van der Waals surface area contributed by atoms with Gasteiger partial charge in [0.05, 0.1) is 0 Å². The molecule has 0 aromatic carbocycles. The largest absolute Gasteiger partial charge is 0.351 e. The number of hydrogen-bond acceptors (Lipinski definition) is 1. The van der Waals surface area contributed by atoms with Crippen LogP contribution in [0, 0.1) is 0 Å². The van der Waals surface area contributed by atoms with Crippen molar-refractivity contribution in [3.63, 3.8) is 0 Å². The van der Waals surface area contributed by atoms with Crippen LogP contribution in [0.4, 0.5) is 4.39 Å². The van der Waals surface area contributed by atoms with Crippen molar-refractivity contribution in [3.8, 4) is 0 Å². The molecule has 0 aliphatic carbocycles. The average Bonchev–Trinajstić information content (AvgIpc) is 1.68. The molecule has 1 unspecified atom stereocenters. The Hall–Kier alpha value is -0.110. The number of hydrogen-bond donors (Lipinski definition) is 0. The van der Waals surface area contributed by atoms with Crippen LogP contribution in [-0.4, -0.2) is 13.5 Å². The summed E-state index contributed by atoms with van der Waals surface area (Å²) >= 11 is 0. The maximum Gasteiger partial charge on any atom is 0.198 e. The van der Waals surface area contributed by atoms with Gasteiger partial charge in [-0.05, 0) is 0 Å². The molecule has 0 heterocycles. The third-order valence-electron chi connectivity index (χ3n) is 0.771. The van der Waals surface area contributed by atoms with Crippen LogP contribution in [0.25, 0.3) is 0 Å². The highest BCUT2D eigenvalue weighted by Crippen LogP contribution is 1.99. The molecule has 1 nitrogen and oxygen atoms in total. The fourth-order valence-electron chi connectivity index (χ4n) is 0.345. The fourth-order valence-corrected chi connectivity index (χ4v) is 0.345. The first kappa shape index (κ1) is 6.89. The first-order valence-electron chi connectivity index (χ1n) is 2.48. The molecule has 0 radical (unpaired) electrons. The van der Waals surface area contributed by atoms with Crippen molar-refractivity contribution in [1.82, 2.24) is 0 Å². The van der Waals surface area contributed by atoms with Crippen LogP contribution in [0.15, 0.2) is 0 Å². The van der Waals surface area contributed by atoms with Crippen molar-refractivity contribution in [1.29, 1.82) is 0 Å². The Morgan fingerprint density at radius 3 is 2.43 bits per heavy atom. The van der Waals surface area contributed by atoms with Crippen LogP contribution >= 0.6 is 0 Å². The van der Waals surface area contributed by atoms with Gasteiger partial charge in [0.15, 0.2) is 6.36 Å². The Labute approximate surface area is 43.5 Å². The second kappa shape index (κ2) is 4.06. The Bertz CT molecular complexity index is 39.1. The quantitative estimate of drug-likeness (QED) is 0.532. The van der Waals surface area contributed by atoms with E-state index in [0.29, 0.717) is 6.42 Å². The standard InChI is InChI=1S/C5H11FO/c1-3-4-5(6)7-2/h5H,3-4H2,1-2H3. The molecule has 0 fully saturated rings. The Morgan fingerprint density at radius 1 is 1.71 bits per heavy atom. The molecule has 0 N–H and O–H groups in total. The van der Waals surface area contributed by atoms with Gasteiger partial charge < -0.3 is 4.74 Å². The van der Waals surface area contributed by atoms with Gasteiger partial charge in [0.2, 0.25) is 0 Å². The zero-order valence-corrected chi connectivity index (χ0v) is 4.78. The number of rotatable bonds is 3. The lowest BCUT2D eigenvalue weighted by Crippen LogP contribution is -2.00. The fraction of sp³-hybridized carbons (Fsp3) is 1.00. The molecule has 0 saturated carbocycles. The maximum absolute atomic E-state index is 11.9. The topological polar surface area (TPSA) is 9.23 Å². The van der Waals surface area contributed by atoms with Crippen LogP contribution in [0.5, 0.6) is 0 Å². The smallest absolute Gasteiger partial charge is 0.198 e. The van der Waals surface area contributed by atoms with E-state index in [1.807, 2.05) is 6.92 Å². The van der Waals surface area contributed by atoms with Crippen molar-refractivity contribution < 1.29 is 9.13 Å². The van der Waals surface area contributed by atoms with E-state index in [-0.39, 0.29) is 0 Å². The highest BCUT2D eigenvalue weighted by molar-refractivity contribution is 4.35. The molecule has 0 aromatic heterocycles. The Morgan fingerprint density at radius 2 is 2.29 bits per heavy atom. The molecule has 0 aliphatic heterocycles. The van der Waals surface area contributed by atoms with Crippen molar-refractivity contribution in [2.45, 2.75) is 26.1 Å². The minimum absolute atomic E-state index is 0.510. The molecule has 0 saturated heterocycles. The van der Waals surface area contributed by atoms with Crippen LogP contribution in [0.2, 0.25) is 0 Å². The minimum atomic E-state index is -1.05. The summed E-state index contributed by atoms with van der Waals surface area (Å²) in [5.41, 5.74) is 0. The predicted molar refractivity (Wildman–Crippen MR) is 26.8 cm³/mol. The van der Waals surface area contributed by atoms with Gasteiger partial charge in [0, 0.05) is 13.5 Å². The molecule has 0 aromatic rings. The molecule has 2 heteroatoms. The lowest BCUT2D eigenvalue weighted by atomic mass is 10.3. The van der Waals surface area contributed by atoms with Gasteiger partial charge in [-0.25, -0.2) is 4.39 Å². The normalized spacial score (nSPS) is 14.1. The van der Waals surface area contributed by atoms with Gasteiger partial charge in [-0.3, -0.25) is 0 Å². The Balaban J connectivity index is 2.83. The van der Waals surface area contributed by atoms with Gasteiger partial charge in [0.25, 0.3) is 0 Å². The van der Waals surface area contributed by atoms with Crippen molar-refractivity contribution in [2.24, 2.45) is 0 Å². The van der Waals surface area contributed by atoms with Gasteiger partial charge in [-0.2, -0.15) is 0 Å². The summed E-state index contributed by atoms with van der Waals surface area (Å²) in [6.45, 7) is 1.92. The van der Waals surface area contributed by atoms with Crippen LogP contribution in [0.3, 0.4) is 0 Å². The van der Waals surface area contributed by atoms with E-state index in [2.05, 4.69) is 4.74 Å². The first-order valence-corrected chi connectivity index (χ1v) is 2.48. The summed E-state index contributed by atoms with van der Waals surface area (Å²) in [5, 5.41) is 0. The van der Waals surface area contributed by atoms with Crippen molar-refractivity contribution >= 4 is 0 Å². The number of methoxy groups -OCH3 is 1. The lowest BCUT2D eigenvalue weighted by Gasteiger charge is -2.00. The number of alkyl halides is 1.